The Kier molecular flexibility index (Phi) is 39.7. The van der Waals surface area contributed by atoms with Crippen LogP contribution < -0.4 is 40.2 Å². The Balaban J connectivity index is 0.000000341. The molecule has 16 nitrogen and oxygen atoms in total. The highest BCUT2D eigenvalue weighted by atomic mass is 33.1. The van der Waals surface area contributed by atoms with E-state index in [1.165, 1.54) is 111 Å². The second-order valence-electron chi connectivity index (χ2n) is 27.5. The fourth-order valence-electron chi connectivity index (χ4n) is 11.6. The van der Waals surface area contributed by atoms with Crippen LogP contribution in [0, 0.1) is 27.7 Å². The topological polar surface area (TPSA) is 206 Å². The van der Waals surface area contributed by atoms with Crippen molar-refractivity contribution in [2.45, 2.75) is 242 Å². The van der Waals surface area contributed by atoms with Gasteiger partial charge in [0.2, 0.25) is 0 Å². The highest BCUT2D eigenvalue weighted by molar-refractivity contribution is 8.77. The molecule has 0 radical (unpaired) electrons. The van der Waals surface area contributed by atoms with Crippen molar-refractivity contribution < 1.29 is 57.2 Å². The first-order chi connectivity index (χ1) is 53.3. The second kappa shape index (κ2) is 49.4. The number of unbranched alkanes of at least 4 members (excludes halogenated alkanes) is 18. The Hall–Kier alpha value is -8.82. The first kappa shape index (κ1) is 88.4. The van der Waals surface area contributed by atoms with Crippen LogP contribution in [0.2, 0.25) is 0 Å². The van der Waals surface area contributed by atoms with Crippen LogP contribution in [0.4, 0.5) is 22.7 Å². The second-order valence-corrected chi connectivity index (χ2v) is 32.0. The Bertz CT molecular complexity index is 4030. The molecule has 4 N–H and O–H groups in total. The summed E-state index contributed by atoms with van der Waals surface area (Å²) in [5, 5.41) is 11.8. The molecular weight excluding hydrogens is 1460 g/mol. The number of amides is 4. The Labute approximate surface area is 668 Å². The molecule has 0 bridgehead atoms. The molecule has 0 fully saturated rings. The lowest BCUT2D eigenvalue weighted by Gasteiger charge is -2.19. The molecule has 588 valence electrons. The van der Waals surface area contributed by atoms with Gasteiger partial charge in [-0.15, -0.1) is 0 Å². The highest BCUT2D eigenvalue weighted by Gasteiger charge is 2.25. The summed E-state index contributed by atoms with van der Waals surface area (Å²) >= 11 is 0. The molecule has 110 heavy (non-hydrogen) atoms. The van der Waals surface area contributed by atoms with Crippen molar-refractivity contribution in [3.05, 3.63) is 215 Å². The summed E-state index contributed by atoms with van der Waals surface area (Å²) in [5.74, 6) is -0.178. The minimum Gasteiger partial charge on any atom is -0.481 e. The summed E-state index contributed by atoms with van der Waals surface area (Å²) in [6.45, 7) is 19.9. The number of rotatable bonds is 46. The van der Waals surface area contributed by atoms with E-state index in [0.29, 0.717) is 47.5 Å². The maximum atomic E-state index is 13.5. The Morgan fingerprint density at radius 1 is 0.318 bits per heavy atom. The number of carbonyl (C=O) groups is 6. The predicted molar refractivity (Wildman–Crippen MR) is 453 cm³/mol. The minimum atomic E-state index is -0.927. The van der Waals surface area contributed by atoms with Crippen molar-refractivity contribution in [2.75, 3.05) is 34.5 Å². The number of aryl methyl sites for hydroxylation is 4. The molecule has 4 atom stereocenters. The van der Waals surface area contributed by atoms with Gasteiger partial charge in [0.05, 0.1) is 24.6 Å². The largest absolute Gasteiger partial charge is 0.481 e. The van der Waals surface area contributed by atoms with Gasteiger partial charge in [0, 0.05) is 31.0 Å². The third-order valence-electron chi connectivity index (χ3n) is 18.0. The summed E-state index contributed by atoms with van der Waals surface area (Å²) < 4.78 is 35.1. The number of nitrogens with one attached hydrogen (secondary N) is 4. The van der Waals surface area contributed by atoms with Gasteiger partial charge in [-0.1, -0.05) is 263 Å². The number of carbonyl (C=O) groups excluding carboxylic acids is 6. The molecule has 0 aromatic heterocycles. The van der Waals surface area contributed by atoms with Gasteiger partial charge in [-0.2, -0.15) is 0 Å². The fourth-order valence-corrected chi connectivity index (χ4v) is 15.9. The molecule has 8 aromatic carbocycles. The number of esters is 2. The van der Waals surface area contributed by atoms with E-state index in [0.717, 1.165) is 80.4 Å². The molecule has 0 spiro atoms. The number of anilines is 4. The molecule has 20 heteroatoms. The van der Waals surface area contributed by atoms with E-state index in [1.54, 1.807) is 97.8 Å². The van der Waals surface area contributed by atoms with Crippen LogP contribution in [0.3, 0.4) is 0 Å². The molecule has 0 saturated heterocycles. The molecule has 8 rings (SSSR count). The van der Waals surface area contributed by atoms with E-state index in [1.807, 2.05) is 161 Å². The maximum Gasteiger partial charge on any atom is 0.341 e. The standard InChI is InChI=1S/C56H76N2O8S2.C34H36N2O4S2/c1-5-7-9-11-13-15-17-19-21-31-41-63-55(61)45-33-23-27-37-49(45)65-43(3)53(59)57-47-35-25-29-39-51(47)67-68-52-40-30-26-36-48(52)58-54(60)44(4)66-50-38-28-24-34-46(50)56(62)64-42-32-22-20-18-16-14-12-10-8-6-2;1-21-10-16-31(23(3)18-21)39-25(5)33(37)35-27-12-14-29(15-13-27)41-42-30-9-7-8-28(20-30)36-34(38)26(6)40-32-17-11-22(2)19-24(32)4/h23-30,33-40,43-44H,5-22,31-32,41-42H2,1-4H3,(H,57,59)(H,58,60);7-20,25-26H,1-6H3,(H,35,37)(H,36,38). The summed E-state index contributed by atoms with van der Waals surface area (Å²) in [4.78, 5) is 82.2. The molecule has 0 aliphatic heterocycles. The lowest BCUT2D eigenvalue weighted by atomic mass is 10.1. The quantitative estimate of drug-likeness (QED) is 0.0159. The highest BCUT2D eigenvalue weighted by Crippen LogP contribution is 2.44. The predicted octanol–water partition coefficient (Wildman–Crippen LogP) is 24.0. The molecule has 0 saturated carbocycles. The van der Waals surface area contributed by atoms with Crippen LogP contribution in [0.25, 0.3) is 0 Å². The van der Waals surface area contributed by atoms with Gasteiger partial charge in [-0.3, -0.25) is 19.2 Å². The number of para-hydroxylation sites is 4. The van der Waals surface area contributed by atoms with E-state index in [4.69, 9.17) is 28.4 Å². The van der Waals surface area contributed by atoms with Crippen LogP contribution in [0.1, 0.15) is 213 Å². The van der Waals surface area contributed by atoms with E-state index in [2.05, 4.69) is 35.1 Å². The number of hydrogen-bond acceptors (Lipinski definition) is 16. The van der Waals surface area contributed by atoms with Crippen molar-refractivity contribution in [3.8, 4) is 23.0 Å². The molecule has 0 aliphatic carbocycles. The van der Waals surface area contributed by atoms with Crippen LogP contribution in [-0.2, 0) is 28.7 Å². The molecule has 4 unspecified atom stereocenters. The zero-order valence-electron chi connectivity index (χ0n) is 65.7. The summed E-state index contributed by atoms with van der Waals surface area (Å²) in [5.41, 5.74) is 7.42. The van der Waals surface area contributed by atoms with E-state index in [9.17, 15) is 28.8 Å². The van der Waals surface area contributed by atoms with Crippen LogP contribution in [-0.4, -0.2) is 73.2 Å². The smallest absolute Gasteiger partial charge is 0.341 e. The SMILES string of the molecule is CCCCCCCCCCCCOC(=O)c1ccccc1OC(C)C(=O)Nc1ccccc1SSc1ccccc1NC(=O)C(C)Oc1ccccc1C(=O)OCCCCCCCCCCCC.Cc1ccc(OC(C)C(=O)Nc2ccc(SSc3cccc(NC(=O)C(C)Oc4ccc(C)cc4C)c3)cc2)c(C)c1. The lowest BCUT2D eigenvalue weighted by molar-refractivity contribution is -0.122. The van der Waals surface area contributed by atoms with E-state index in [-0.39, 0.29) is 46.3 Å². The number of hydrogen-bond donors (Lipinski definition) is 4. The van der Waals surface area contributed by atoms with Gasteiger partial charge >= 0.3 is 11.9 Å². The van der Waals surface area contributed by atoms with E-state index < -0.39 is 36.4 Å². The van der Waals surface area contributed by atoms with Crippen molar-refractivity contribution in [1.82, 2.24) is 0 Å². The summed E-state index contributed by atoms with van der Waals surface area (Å²) in [6, 6.07) is 55.7. The number of benzene rings is 8. The average Bonchev–Trinajstić information content (AvgIpc) is 0.850. The van der Waals surface area contributed by atoms with Gasteiger partial charge in [0.1, 0.15) is 34.1 Å². The number of ether oxygens (including phenoxy) is 6. The Morgan fingerprint density at radius 3 is 1.09 bits per heavy atom. The third kappa shape index (κ3) is 31.9. The zero-order valence-corrected chi connectivity index (χ0v) is 69.0. The van der Waals surface area contributed by atoms with Crippen molar-refractivity contribution >= 4 is 101 Å². The van der Waals surface area contributed by atoms with Crippen molar-refractivity contribution in [3.63, 3.8) is 0 Å². The first-order valence-electron chi connectivity index (χ1n) is 38.9. The van der Waals surface area contributed by atoms with E-state index >= 15 is 0 Å². The normalized spacial score (nSPS) is 12.0. The zero-order chi connectivity index (χ0) is 78.8. The van der Waals surface area contributed by atoms with Crippen LogP contribution >= 0.6 is 43.2 Å². The molecule has 0 heterocycles. The minimum absolute atomic E-state index is 0.211. The van der Waals surface area contributed by atoms with Crippen LogP contribution in [0.5, 0.6) is 23.0 Å². The lowest BCUT2D eigenvalue weighted by Crippen LogP contribution is -2.31. The third-order valence-corrected chi connectivity index (χ3v) is 22.9. The maximum absolute atomic E-state index is 13.5. The van der Waals surface area contributed by atoms with Gasteiger partial charge in [-0.05, 0) is 182 Å². The average molecular weight is 1570 g/mol. The van der Waals surface area contributed by atoms with Crippen LogP contribution in [0.15, 0.2) is 202 Å². The van der Waals surface area contributed by atoms with Gasteiger partial charge in [-0.25, -0.2) is 9.59 Å². The molecule has 0 aliphatic rings. The summed E-state index contributed by atoms with van der Waals surface area (Å²) in [6.07, 6.45) is 20.8. The van der Waals surface area contributed by atoms with Gasteiger partial charge in [0.15, 0.2) is 24.4 Å². The monoisotopic (exact) mass is 1570 g/mol. The van der Waals surface area contributed by atoms with Crippen molar-refractivity contribution in [2.24, 2.45) is 0 Å². The molecule has 8 aromatic rings. The van der Waals surface area contributed by atoms with Gasteiger partial charge in [0.25, 0.3) is 23.6 Å². The first-order valence-corrected chi connectivity index (χ1v) is 43.2. The van der Waals surface area contributed by atoms with Gasteiger partial charge < -0.3 is 49.7 Å². The Morgan fingerprint density at radius 2 is 0.673 bits per heavy atom. The molecular formula is C90H112N4O12S4. The van der Waals surface area contributed by atoms with Crippen molar-refractivity contribution in [1.29, 1.82) is 0 Å². The summed E-state index contributed by atoms with van der Waals surface area (Å²) in [7, 11) is 6.02. The fraction of sp³-hybridized carbons (Fsp3) is 0.400. The molecule has 4 amide bonds.